The minimum atomic E-state index is -0.865. The number of nitrogens with zero attached hydrogens (tertiary/aromatic N) is 1. The van der Waals surface area contributed by atoms with Crippen molar-refractivity contribution in [2.45, 2.75) is 31.9 Å². The number of carbonyl (C=O) groups excluding carboxylic acids is 2. The van der Waals surface area contributed by atoms with Crippen LogP contribution in [0.3, 0.4) is 0 Å². The number of cyclic esters (lactones) is 1. The monoisotopic (exact) mass is 324 g/mol. The van der Waals surface area contributed by atoms with Crippen LogP contribution >= 0.6 is 0 Å². The van der Waals surface area contributed by atoms with Crippen LogP contribution < -0.4 is 10.1 Å². The minimum absolute atomic E-state index is 0.124. The fourth-order valence-electron chi connectivity index (χ4n) is 2.13. The van der Waals surface area contributed by atoms with E-state index >= 15 is 0 Å². The lowest BCUT2D eigenvalue weighted by Gasteiger charge is -2.18. The van der Waals surface area contributed by atoms with Crippen LogP contribution in [0.25, 0.3) is 0 Å². The van der Waals surface area contributed by atoms with Gasteiger partial charge in [-0.2, -0.15) is 0 Å². The molecule has 23 heavy (non-hydrogen) atoms. The van der Waals surface area contributed by atoms with Crippen molar-refractivity contribution in [2.75, 3.05) is 20.3 Å². The van der Waals surface area contributed by atoms with Crippen molar-refractivity contribution in [3.05, 3.63) is 18.0 Å². The van der Waals surface area contributed by atoms with Crippen molar-refractivity contribution < 1.29 is 28.9 Å². The van der Waals surface area contributed by atoms with E-state index in [0.717, 1.165) is 0 Å². The van der Waals surface area contributed by atoms with Crippen LogP contribution in [0.5, 0.6) is 11.5 Å². The molecule has 1 aliphatic rings. The fraction of sp³-hybridized carbons (Fsp3) is 0.533. The summed E-state index contributed by atoms with van der Waals surface area (Å²) in [7, 11) is 1.37. The summed E-state index contributed by atoms with van der Waals surface area (Å²) in [4.78, 5) is 28.2. The Labute approximate surface area is 133 Å². The summed E-state index contributed by atoms with van der Waals surface area (Å²) in [6.07, 6.45) is 1.93. The number of pyridine rings is 1. The second kappa shape index (κ2) is 7.77. The molecule has 0 spiro atoms. The molecule has 2 atom stereocenters. The number of carbonyl (C=O) groups is 2. The highest BCUT2D eigenvalue weighted by molar-refractivity contribution is 5.97. The van der Waals surface area contributed by atoms with Crippen LogP contribution in [0.2, 0.25) is 0 Å². The van der Waals surface area contributed by atoms with Gasteiger partial charge in [-0.3, -0.25) is 4.79 Å². The van der Waals surface area contributed by atoms with Crippen LogP contribution in [0.1, 0.15) is 30.3 Å². The van der Waals surface area contributed by atoms with E-state index in [2.05, 4.69) is 10.3 Å². The zero-order valence-corrected chi connectivity index (χ0v) is 13.1. The van der Waals surface area contributed by atoms with Crippen LogP contribution in [0.15, 0.2) is 12.3 Å². The number of ether oxygens (including phenoxy) is 3. The number of methoxy groups -OCH3 is 1. The summed E-state index contributed by atoms with van der Waals surface area (Å²) >= 11 is 0. The average molecular weight is 324 g/mol. The van der Waals surface area contributed by atoms with Crippen molar-refractivity contribution in [1.29, 1.82) is 0 Å². The van der Waals surface area contributed by atoms with E-state index in [1.54, 1.807) is 6.92 Å². The highest BCUT2D eigenvalue weighted by Gasteiger charge is 2.27. The molecule has 0 radical (unpaired) electrons. The first-order valence-corrected chi connectivity index (χ1v) is 7.34. The van der Waals surface area contributed by atoms with Crippen molar-refractivity contribution in [3.8, 4) is 11.5 Å². The molecule has 1 unspecified atom stereocenters. The third-order valence-electron chi connectivity index (χ3n) is 3.45. The Balaban J connectivity index is 2.12. The zero-order valence-electron chi connectivity index (χ0n) is 13.1. The average Bonchev–Trinajstić information content (AvgIpc) is 2.59. The standard InChI is InChI=1S/C15H20N2O6/c1-9-4-7-22-8-5-10(15(20)23-9)17-14(19)12-13(18)11(21-2)3-6-16-12/h3,6,9-10,18H,4-5,7-8H2,1-2H3,(H,17,19)/t9?,10-/m0/s1. The van der Waals surface area contributed by atoms with E-state index in [-0.39, 0.29) is 29.7 Å². The molecule has 2 N–H and O–H groups in total. The number of aromatic nitrogens is 1. The summed E-state index contributed by atoms with van der Waals surface area (Å²) in [6.45, 7) is 2.58. The normalized spacial score (nSPS) is 22.3. The summed E-state index contributed by atoms with van der Waals surface area (Å²) < 4.78 is 15.6. The molecule has 8 nitrogen and oxygen atoms in total. The van der Waals surface area contributed by atoms with E-state index in [9.17, 15) is 14.7 Å². The van der Waals surface area contributed by atoms with Crippen molar-refractivity contribution in [1.82, 2.24) is 10.3 Å². The number of nitrogens with one attached hydrogen (secondary N) is 1. The predicted molar refractivity (Wildman–Crippen MR) is 79.3 cm³/mol. The second-order valence-electron chi connectivity index (χ2n) is 5.17. The zero-order chi connectivity index (χ0) is 16.8. The highest BCUT2D eigenvalue weighted by atomic mass is 16.5. The molecule has 1 aromatic rings. The second-order valence-corrected chi connectivity index (χ2v) is 5.17. The third-order valence-corrected chi connectivity index (χ3v) is 3.45. The first kappa shape index (κ1) is 17.0. The first-order chi connectivity index (χ1) is 11.0. The summed E-state index contributed by atoms with van der Waals surface area (Å²) in [5.41, 5.74) is -0.217. The van der Waals surface area contributed by atoms with Gasteiger partial charge in [0, 0.05) is 31.7 Å². The quantitative estimate of drug-likeness (QED) is 0.786. The van der Waals surface area contributed by atoms with E-state index in [4.69, 9.17) is 14.2 Å². The van der Waals surface area contributed by atoms with Gasteiger partial charge in [-0.05, 0) is 6.92 Å². The Bertz CT molecular complexity index is 577. The molecular weight excluding hydrogens is 304 g/mol. The van der Waals surface area contributed by atoms with Crippen LogP contribution in [0.4, 0.5) is 0 Å². The topological polar surface area (TPSA) is 107 Å². The van der Waals surface area contributed by atoms with E-state index in [1.807, 2.05) is 0 Å². The molecule has 1 fully saturated rings. The first-order valence-electron chi connectivity index (χ1n) is 7.34. The lowest BCUT2D eigenvalue weighted by Crippen LogP contribution is -2.43. The lowest BCUT2D eigenvalue weighted by molar-refractivity contribution is -0.150. The molecule has 8 heteroatoms. The van der Waals surface area contributed by atoms with Crippen molar-refractivity contribution >= 4 is 11.9 Å². The Hall–Kier alpha value is -2.35. The van der Waals surface area contributed by atoms with E-state index < -0.39 is 17.9 Å². The van der Waals surface area contributed by atoms with Gasteiger partial charge in [0.15, 0.2) is 17.2 Å². The Morgan fingerprint density at radius 1 is 1.43 bits per heavy atom. The van der Waals surface area contributed by atoms with Gasteiger partial charge >= 0.3 is 5.97 Å². The van der Waals surface area contributed by atoms with Crippen LogP contribution in [-0.2, 0) is 14.3 Å². The molecule has 1 saturated heterocycles. The molecule has 2 rings (SSSR count). The van der Waals surface area contributed by atoms with Crippen molar-refractivity contribution in [2.24, 2.45) is 0 Å². The Morgan fingerprint density at radius 2 is 2.17 bits per heavy atom. The predicted octanol–water partition coefficient (Wildman–Crippen LogP) is 0.636. The van der Waals surface area contributed by atoms with Gasteiger partial charge in [0.2, 0.25) is 0 Å². The maximum Gasteiger partial charge on any atom is 0.329 e. The molecule has 126 valence electrons. The number of hydrogen-bond donors (Lipinski definition) is 2. The molecule has 0 aliphatic carbocycles. The minimum Gasteiger partial charge on any atom is -0.503 e. The Kier molecular flexibility index (Phi) is 5.75. The summed E-state index contributed by atoms with van der Waals surface area (Å²) in [5.74, 6) is -1.47. The van der Waals surface area contributed by atoms with Gasteiger partial charge in [-0.15, -0.1) is 0 Å². The molecule has 1 aliphatic heterocycles. The number of aromatic hydroxyl groups is 1. The molecule has 0 aromatic carbocycles. The van der Waals surface area contributed by atoms with Crippen molar-refractivity contribution in [3.63, 3.8) is 0 Å². The fourth-order valence-corrected chi connectivity index (χ4v) is 2.13. The van der Waals surface area contributed by atoms with Gasteiger partial charge in [0.05, 0.1) is 13.7 Å². The smallest absolute Gasteiger partial charge is 0.329 e. The van der Waals surface area contributed by atoms with Gasteiger partial charge in [-0.1, -0.05) is 0 Å². The van der Waals surface area contributed by atoms with E-state index in [0.29, 0.717) is 19.6 Å². The highest BCUT2D eigenvalue weighted by Crippen LogP contribution is 2.27. The lowest BCUT2D eigenvalue weighted by atomic mass is 10.2. The van der Waals surface area contributed by atoms with E-state index in [1.165, 1.54) is 19.4 Å². The number of esters is 1. The van der Waals surface area contributed by atoms with Gasteiger partial charge in [0.1, 0.15) is 12.1 Å². The molecule has 2 heterocycles. The van der Waals surface area contributed by atoms with Gasteiger partial charge in [-0.25, -0.2) is 9.78 Å². The van der Waals surface area contributed by atoms with Crippen LogP contribution in [0, 0.1) is 0 Å². The molecule has 1 amide bonds. The molecule has 0 bridgehead atoms. The Morgan fingerprint density at radius 3 is 2.91 bits per heavy atom. The number of hydrogen-bond acceptors (Lipinski definition) is 7. The number of amides is 1. The summed E-state index contributed by atoms with van der Waals surface area (Å²) in [6, 6.07) is 0.561. The largest absolute Gasteiger partial charge is 0.503 e. The van der Waals surface area contributed by atoms with Gasteiger partial charge < -0.3 is 24.6 Å². The molecule has 0 saturated carbocycles. The molecular formula is C15H20N2O6. The summed E-state index contributed by atoms with van der Waals surface area (Å²) in [5, 5.41) is 12.5. The molecule has 1 aromatic heterocycles. The number of rotatable bonds is 3. The SMILES string of the molecule is COc1ccnc(C(=O)N[C@H]2CCOCCC(C)OC2=O)c1O. The van der Waals surface area contributed by atoms with Crippen LogP contribution in [-0.4, -0.2) is 54.4 Å². The third kappa shape index (κ3) is 4.32. The maximum atomic E-state index is 12.3. The van der Waals surface area contributed by atoms with Gasteiger partial charge in [0.25, 0.3) is 5.91 Å². The maximum absolute atomic E-state index is 12.3.